The van der Waals surface area contributed by atoms with E-state index < -0.39 is 11.7 Å². The van der Waals surface area contributed by atoms with Gasteiger partial charge in [-0.25, -0.2) is 14.3 Å². The van der Waals surface area contributed by atoms with Crippen LogP contribution in [0.25, 0.3) is 10.9 Å². The number of hydrogen-bond donors (Lipinski definition) is 0. The van der Waals surface area contributed by atoms with Gasteiger partial charge in [0.2, 0.25) is 5.88 Å². The molecule has 0 aliphatic carbocycles. The normalized spacial score (nSPS) is 11.9. The minimum atomic E-state index is -0.547. The van der Waals surface area contributed by atoms with E-state index in [2.05, 4.69) is 4.98 Å². The van der Waals surface area contributed by atoms with Gasteiger partial charge < -0.3 is 9.47 Å². The van der Waals surface area contributed by atoms with Gasteiger partial charge in [0.1, 0.15) is 11.1 Å². The average molecular weight is 276 g/mol. The molecular formula is C15H20N2O3. The first-order chi connectivity index (χ1) is 9.28. The van der Waals surface area contributed by atoms with Crippen LogP contribution in [0.1, 0.15) is 34.6 Å². The second kappa shape index (κ2) is 5.15. The Hall–Kier alpha value is -2.04. The molecule has 0 atom stereocenters. The highest BCUT2D eigenvalue weighted by molar-refractivity contribution is 5.92. The number of rotatable bonds is 2. The molecule has 5 heteroatoms. The largest absolute Gasteiger partial charge is 0.473 e. The maximum Gasteiger partial charge on any atom is 0.419 e. The first-order valence-corrected chi connectivity index (χ1v) is 6.64. The lowest BCUT2D eigenvalue weighted by Gasteiger charge is -2.20. The van der Waals surface area contributed by atoms with E-state index in [9.17, 15) is 4.79 Å². The monoisotopic (exact) mass is 276 g/mol. The molecule has 0 saturated carbocycles. The number of pyridine rings is 1. The van der Waals surface area contributed by atoms with Crippen LogP contribution in [0.3, 0.4) is 0 Å². The molecule has 0 spiro atoms. The highest BCUT2D eigenvalue weighted by Crippen LogP contribution is 2.26. The van der Waals surface area contributed by atoms with Gasteiger partial charge in [-0.1, -0.05) is 0 Å². The standard InChI is InChI=1S/C15H20N2O3/c1-10(2)19-13-12-11(6-8-16-13)7-9-17(12)14(18)20-15(3,4)5/h6-10H,1-5H3. The molecule has 5 nitrogen and oxygen atoms in total. The molecule has 2 heterocycles. The summed E-state index contributed by atoms with van der Waals surface area (Å²) >= 11 is 0. The number of hydrogen-bond acceptors (Lipinski definition) is 4. The summed E-state index contributed by atoms with van der Waals surface area (Å²) in [5.74, 6) is 0.438. The molecule has 0 aliphatic heterocycles. The van der Waals surface area contributed by atoms with Crippen LogP contribution in [-0.2, 0) is 4.74 Å². The quantitative estimate of drug-likeness (QED) is 0.840. The predicted octanol–water partition coefficient (Wildman–Crippen LogP) is 3.61. The highest BCUT2D eigenvalue weighted by atomic mass is 16.6. The molecular weight excluding hydrogens is 256 g/mol. The first-order valence-electron chi connectivity index (χ1n) is 6.64. The minimum Gasteiger partial charge on any atom is -0.473 e. The first kappa shape index (κ1) is 14.4. The molecule has 0 N–H and O–H groups in total. The van der Waals surface area contributed by atoms with Crippen LogP contribution >= 0.6 is 0 Å². The van der Waals surface area contributed by atoms with Crippen molar-refractivity contribution in [2.75, 3.05) is 0 Å². The van der Waals surface area contributed by atoms with Gasteiger partial charge in [-0.2, -0.15) is 0 Å². The smallest absolute Gasteiger partial charge is 0.419 e. The molecule has 2 aromatic rings. The second-order valence-corrected chi connectivity index (χ2v) is 5.89. The summed E-state index contributed by atoms with van der Waals surface area (Å²) in [6.45, 7) is 9.34. The van der Waals surface area contributed by atoms with Gasteiger partial charge in [0.25, 0.3) is 0 Å². The number of fused-ring (bicyclic) bond motifs is 1. The molecule has 0 fully saturated rings. The topological polar surface area (TPSA) is 53.4 Å². The summed E-state index contributed by atoms with van der Waals surface area (Å²) in [4.78, 5) is 16.4. The number of carbonyl (C=O) groups is 1. The van der Waals surface area contributed by atoms with E-state index in [0.29, 0.717) is 11.4 Å². The van der Waals surface area contributed by atoms with Crippen molar-refractivity contribution in [1.29, 1.82) is 0 Å². The van der Waals surface area contributed by atoms with E-state index in [1.807, 2.05) is 46.8 Å². The van der Waals surface area contributed by atoms with Crippen molar-refractivity contribution < 1.29 is 14.3 Å². The highest BCUT2D eigenvalue weighted by Gasteiger charge is 2.21. The third-order valence-corrected chi connectivity index (χ3v) is 2.50. The van der Waals surface area contributed by atoms with Gasteiger partial charge in [0, 0.05) is 17.8 Å². The van der Waals surface area contributed by atoms with Crippen molar-refractivity contribution in [1.82, 2.24) is 9.55 Å². The molecule has 2 rings (SSSR count). The van der Waals surface area contributed by atoms with Gasteiger partial charge >= 0.3 is 6.09 Å². The van der Waals surface area contributed by atoms with Crippen molar-refractivity contribution in [3.8, 4) is 5.88 Å². The molecule has 0 saturated heterocycles. The van der Waals surface area contributed by atoms with Crippen molar-refractivity contribution in [3.05, 3.63) is 24.5 Å². The number of aromatic nitrogens is 2. The van der Waals surface area contributed by atoms with Crippen molar-refractivity contribution in [2.45, 2.75) is 46.3 Å². The third-order valence-electron chi connectivity index (χ3n) is 2.50. The van der Waals surface area contributed by atoms with E-state index in [4.69, 9.17) is 9.47 Å². The zero-order valence-electron chi connectivity index (χ0n) is 12.5. The molecule has 2 aromatic heterocycles. The molecule has 0 aromatic carbocycles. The molecule has 0 unspecified atom stereocenters. The summed E-state index contributed by atoms with van der Waals surface area (Å²) in [5.41, 5.74) is 0.0880. The molecule has 0 amide bonds. The predicted molar refractivity (Wildman–Crippen MR) is 77.1 cm³/mol. The molecule has 20 heavy (non-hydrogen) atoms. The van der Waals surface area contributed by atoms with Gasteiger partial charge in [-0.3, -0.25) is 0 Å². The minimum absolute atomic E-state index is 0.0184. The number of nitrogens with zero attached hydrogens (tertiary/aromatic N) is 2. The molecule has 108 valence electrons. The fourth-order valence-electron chi connectivity index (χ4n) is 1.83. The SMILES string of the molecule is CC(C)Oc1nccc2ccn(C(=O)OC(C)(C)C)c12. The lowest BCUT2D eigenvalue weighted by molar-refractivity contribution is 0.0543. The third kappa shape index (κ3) is 3.10. The Morgan fingerprint density at radius 3 is 2.60 bits per heavy atom. The Bertz CT molecular complexity index is 624. The van der Waals surface area contributed by atoms with Crippen molar-refractivity contribution in [3.63, 3.8) is 0 Å². The second-order valence-electron chi connectivity index (χ2n) is 5.89. The van der Waals surface area contributed by atoms with Crippen LogP contribution in [0.15, 0.2) is 24.5 Å². The van der Waals surface area contributed by atoms with Crippen LogP contribution in [0, 0.1) is 0 Å². The van der Waals surface area contributed by atoms with Crippen LogP contribution in [-0.4, -0.2) is 27.3 Å². The van der Waals surface area contributed by atoms with Gasteiger partial charge in [0.05, 0.1) is 6.10 Å². The Kier molecular flexibility index (Phi) is 3.70. The average Bonchev–Trinajstić information content (AvgIpc) is 2.70. The Balaban J connectivity index is 2.46. The van der Waals surface area contributed by atoms with Gasteiger partial charge in [0.15, 0.2) is 0 Å². The molecule has 0 aliphatic rings. The van der Waals surface area contributed by atoms with Crippen LogP contribution < -0.4 is 4.74 Å². The van der Waals surface area contributed by atoms with Crippen LogP contribution in [0.4, 0.5) is 4.79 Å². The Labute approximate surface area is 118 Å². The van der Waals surface area contributed by atoms with E-state index in [1.165, 1.54) is 4.57 Å². The van der Waals surface area contributed by atoms with Crippen LogP contribution in [0.2, 0.25) is 0 Å². The van der Waals surface area contributed by atoms with E-state index in [0.717, 1.165) is 5.39 Å². The summed E-state index contributed by atoms with van der Waals surface area (Å²) in [6.07, 6.45) is 2.89. The summed E-state index contributed by atoms with van der Waals surface area (Å²) in [6, 6.07) is 3.68. The lowest BCUT2D eigenvalue weighted by Crippen LogP contribution is -2.27. The van der Waals surface area contributed by atoms with Crippen LogP contribution in [0.5, 0.6) is 5.88 Å². The number of carbonyl (C=O) groups excluding carboxylic acids is 1. The maximum atomic E-state index is 12.2. The van der Waals surface area contributed by atoms with Crippen molar-refractivity contribution in [2.24, 2.45) is 0 Å². The summed E-state index contributed by atoms with van der Waals surface area (Å²) < 4.78 is 12.5. The number of ether oxygens (including phenoxy) is 2. The lowest BCUT2D eigenvalue weighted by atomic mass is 10.2. The maximum absolute atomic E-state index is 12.2. The molecule has 0 bridgehead atoms. The van der Waals surface area contributed by atoms with Gasteiger partial charge in [-0.05, 0) is 46.8 Å². The zero-order chi connectivity index (χ0) is 14.9. The van der Waals surface area contributed by atoms with E-state index in [1.54, 1.807) is 12.4 Å². The van der Waals surface area contributed by atoms with Crippen molar-refractivity contribution >= 4 is 17.0 Å². The fraction of sp³-hybridized carbons (Fsp3) is 0.467. The summed E-state index contributed by atoms with van der Waals surface area (Å²) in [7, 11) is 0. The summed E-state index contributed by atoms with van der Waals surface area (Å²) in [5, 5.41) is 0.890. The Morgan fingerprint density at radius 1 is 1.30 bits per heavy atom. The van der Waals surface area contributed by atoms with E-state index >= 15 is 0 Å². The zero-order valence-corrected chi connectivity index (χ0v) is 12.5. The van der Waals surface area contributed by atoms with Gasteiger partial charge in [-0.15, -0.1) is 0 Å². The molecule has 0 radical (unpaired) electrons. The Morgan fingerprint density at radius 2 is 2.00 bits per heavy atom. The fourth-order valence-corrected chi connectivity index (χ4v) is 1.83. The van der Waals surface area contributed by atoms with E-state index in [-0.39, 0.29) is 6.10 Å².